The number of nitrogens with one attached hydrogen (secondary N) is 1. The lowest BCUT2D eigenvalue weighted by Crippen LogP contribution is -2.17. The Morgan fingerprint density at radius 1 is 1.33 bits per heavy atom. The maximum absolute atomic E-state index is 10.4. The molecule has 24 heavy (non-hydrogen) atoms. The van der Waals surface area contributed by atoms with Gasteiger partial charge in [-0.2, -0.15) is 5.10 Å². The molecule has 2 aromatic rings. The largest absolute Gasteiger partial charge is 0.482 e. The minimum absolute atomic E-state index is 0.0835. The van der Waals surface area contributed by atoms with Crippen molar-refractivity contribution in [2.45, 2.75) is 26.4 Å². The second-order valence-electron chi connectivity index (χ2n) is 5.48. The van der Waals surface area contributed by atoms with E-state index in [-0.39, 0.29) is 13.2 Å². The number of carboxylic acid groups (broad SMARTS) is 1. The molecule has 130 valence electrons. The highest BCUT2D eigenvalue weighted by Crippen LogP contribution is 2.12. The van der Waals surface area contributed by atoms with E-state index in [1.54, 1.807) is 16.8 Å². The molecule has 0 saturated heterocycles. The summed E-state index contributed by atoms with van der Waals surface area (Å²) in [5, 5.41) is 25.2. The van der Waals surface area contributed by atoms with Gasteiger partial charge in [-0.1, -0.05) is 12.1 Å². The molecule has 1 heterocycles. The summed E-state index contributed by atoms with van der Waals surface area (Å²) < 4.78 is 6.85. The minimum atomic E-state index is -0.985. The van der Waals surface area contributed by atoms with Crippen LogP contribution in [0.2, 0.25) is 0 Å². The number of aryl methyl sites for hydroxylation is 1. The van der Waals surface area contributed by atoms with Crippen LogP contribution in [0.1, 0.15) is 16.8 Å². The van der Waals surface area contributed by atoms with Gasteiger partial charge < -0.3 is 20.3 Å². The second kappa shape index (κ2) is 9.05. The topological polar surface area (TPSA) is 96.6 Å². The number of aliphatic hydroxyl groups excluding tert-OH is 1. The van der Waals surface area contributed by atoms with Crippen molar-refractivity contribution in [3.8, 4) is 5.75 Å². The van der Waals surface area contributed by atoms with E-state index in [4.69, 9.17) is 14.9 Å². The third kappa shape index (κ3) is 5.68. The summed E-state index contributed by atoms with van der Waals surface area (Å²) in [5.74, 6) is -0.429. The molecule has 0 radical (unpaired) electrons. The first-order chi connectivity index (χ1) is 11.6. The Hall–Kier alpha value is -2.38. The fourth-order valence-electron chi connectivity index (χ4n) is 2.30. The quantitative estimate of drug-likeness (QED) is 0.561. The Morgan fingerprint density at radius 3 is 2.75 bits per heavy atom. The molecule has 0 aliphatic heterocycles. The lowest BCUT2D eigenvalue weighted by Gasteiger charge is -2.06. The molecule has 0 atom stereocenters. The molecule has 0 aliphatic carbocycles. The van der Waals surface area contributed by atoms with Crippen LogP contribution in [0, 0.1) is 6.92 Å². The molecule has 1 aromatic heterocycles. The van der Waals surface area contributed by atoms with Crippen molar-refractivity contribution < 1.29 is 19.7 Å². The van der Waals surface area contributed by atoms with E-state index >= 15 is 0 Å². The van der Waals surface area contributed by atoms with Gasteiger partial charge in [-0.15, -0.1) is 0 Å². The number of hydrogen-bond acceptors (Lipinski definition) is 5. The third-order valence-corrected chi connectivity index (χ3v) is 3.57. The highest BCUT2D eigenvalue weighted by atomic mass is 16.5. The number of ether oxygens (including phenoxy) is 1. The maximum atomic E-state index is 10.4. The van der Waals surface area contributed by atoms with Crippen LogP contribution in [0.25, 0.3) is 0 Å². The summed E-state index contributed by atoms with van der Waals surface area (Å²) in [6.07, 6.45) is 2.82. The standard InChI is InChI=1S/C17H23N3O4/c1-13-15(11-20(19-13)8-9-21)10-18-7-6-14-2-4-16(5-3-14)24-12-17(22)23/h2-5,11,18,21H,6-10,12H2,1H3,(H,22,23). The highest BCUT2D eigenvalue weighted by molar-refractivity contribution is 5.68. The number of nitrogens with zero attached hydrogens (tertiary/aromatic N) is 2. The van der Waals surface area contributed by atoms with Crippen LogP contribution in [0.4, 0.5) is 0 Å². The van der Waals surface area contributed by atoms with Gasteiger partial charge in [0.2, 0.25) is 0 Å². The monoisotopic (exact) mass is 333 g/mol. The summed E-state index contributed by atoms with van der Waals surface area (Å²) in [5.41, 5.74) is 3.25. The van der Waals surface area contributed by atoms with E-state index in [9.17, 15) is 4.79 Å². The van der Waals surface area contributed by atoms with E-state index in [2.05, 4.69) is 10.4 Å². The van der Waals surface area contributed by atoms with Crippen LogP contribution in [0.3, 0.4) is 0 Å². The molecule has 0 fully saturated rings. The van der Waals surface area contributed by atoms with Crippen molar-refractivity contribution >= 4 is 5.97 Å². The predicted molar refractivity (Wildman–Crippen MR) is 89.0 cm³/mol. The number of aliphatic carboxylic acids is 1. The van der Waals surface area contributed by atoms with Gasteiger partial charge in [-0.3, -0.25) is 4.68 Å². The Bertz CT molecular complexity index is 652. The van der Waals surface area contributed by atoms with E-state index < -0.39 is 5.97 Å². The molecule has 3 N–H and O–H groups in total. The average Bonchev–Trinajstić information content (AvgIpc) is 2.91. The number of aliphatic hydroxyl groups is 1. The van der Waals surface area contributed by atoms with E-state index in [0.29, 0.717) is 12.3 Å². The van der Waals surface area contributed by atoms with E-state index in [1.807, 2.05) is 25.3 Å². The number of hydrogen-bond donors (Lipinski definition) is 3. The normalized spacial score (nSPS) is 10.8. The van der Waals surface area contributed by atoms with Gasteiger partial charge in [0.05, 0.1) is 18.8 Å². The number of aromatic nitrogens is 2. The van der Waals surface area contributed by atoms with Gasteiger partial charge in [0.1, 0.15) is 5.75 Å². The minimum Gasteiger partial charge on any atom is -0.482 e. The smallest absolute Gasteiger partial charge is 0.341 e. The Balaban J connectivity index is 1.73. The summed E-state index contributed by atoms with van der Waals surface area (Å²) in [7, 11) is 0. The van der Waals surface area contributed by atoms with E-state index in [1.165, 1.54) is 0 Å². The van der Waals surface area contributed by atoms with Crippen molar-refractivity contribution in [1.82, 2.24) is 15.1 Å². The van der Waals surface area contributed by atoms with Gasteiger partial charge in [0, 0.05) is 18.3 Å². The average molecular weight is 333 g/mol. The third-order valence-electron chi connectivity index (χ3n) is 3.57. The fraction of sp³-hybridized carbons (Fsp3) is 0.412. The molecule has 1 aromatic carbocycles. The number of rotatable bonds is 10. The second-order valence-corrected chi connectivity index (χ2v) is 5.48. The van der Waals surface area contributed by atoms with Gasteiger partial charge in [0.25, 0.3) is 0 Å². The molecule has 2 rings (SSSR count). The first-order valence-electron chi connectivity index (χ1n) is 7.86. The van der Waals surface area contributed by atoms with Gasteiger partial charge in [-0.25, -0.2) is 4.79 Å². The zero-order chi connectivity index (χ0) is 17.4. The number of carbonyl (C=O) groups is 1. The van der Waals surface area contributed by atoms with Crippen LogP contribution in [0.15, 0.2) is 30.5 Å². The van der Waals surface area contributed by atoms with Crippen molar-refractivity contribution in [2.24, 2.45) is 0 Å². The van der Waals surface area contributed by atoms with Crippen LogP contribution >= 0.6 is 0 Å². The van der Waals surface area contributed by atoms with Crippen LogP contribution in [-0.4, -0.2) is 45.7 Å². The first kappa shape index (κ1) is 18.0. The lowest BCUT2D eigenvalue weighted by atomic mass is 10.1. The lowest BCUT2D eigenvalue weighted by molar-refractivity contribution is -0.139. The molecule has 7 heteroatoms. The zero-order valence-electron chi connectivity index (χ0n) is 13.7. The molecular formula is C17H23N3O4. The summed E-state index contributed by atoms with van der Waals surface area (Å²) in [4.78, 5) is 10.4. The molecule has 0 unspecified atom stereocenters. The molecule has 0 amide bonds. The van der Waals surface area contributed by atoms with Crippen LogP contribution < -0.4 is 10.1 Å². The van der Waals surface area contributed by atoms with Crippen molar-refractivity contribution in [3.63, 3.8) is 0 Å². The summed E-state index contributed by atoms with van der Waals surface area (Å²) in [6, 6.07) is 7.43. The number of carboxylic acids is 1. The van der Waals surface area contributed by atoms with Gasteiger partial charge >= 0.3 is 5.97 Å². The van der Waals surface area contributed by atoms with E-state index in [0.717, 1.165) is 36.3 Å². The Labute approximate surface area is 140 Å². The van der Waals surface area contributed by atoms with Crippen molar-refractivity contribution in [1.29, 1.82) is 0 Å². The highest BCUT2D eigenvalue weighted by Gasteiger charge is 2.04. The molecule has 7 nitrogen and oxygen atoms in total. The summed E-state index contributed by atoms with van der Waals surface area (Å²) in [6.45, 7) is 3.78. The molecular weight excluding hydrogens is 310 g/mol. The zero-order valence-corrected chi connectivity index (χ0v) is 13.7. The predicted octanol–water partition coefficient (Wildman–Crippen LogP) is 0.980. The summed E-state index contributed by atoms with van der Waals surface area (Å²) >= 11 is 0. The van der Waals surface area contributed by atoms with Crippen LogP contribution in [0.5, 0.6) is 5.75 Å². The van der Waals surface area contributed by atoms with Crippen LogP contribution in [-0.2, 0) is 24.3 Å². The maximum Gasteiger partial charge on any atom is 0.341 e. The van der Waals surface area contributed by atoms with Gasteiger partial charge in [0.15, 0.2) is 6.61 Å². The fourth-order valence-corrected chi connectivity index (χ4v) is 2.30. The van der Waals surface area contributed by atoms with Gasteiger partial charge in [-0.05, 0) is 37.6 Å². The first-order valence-corrected chi connectivity index (χ1v) is 7.86. The SMILES string of the molecule is Cc1nn(CCO)cc1CNCCc1ccc(OCC(=O)O)cc1. The van der Waals surface area contributed by atoms with Crippen molar-refractivity contribution in [3.05, 3.63) is 47.3 Å². The molecule has 0 bridgehead atoms. The molecule has 0 spiro atoms. The molecule has 0 aliphatic rings. The molecule has 0 saturated carbocycles. The number of benzene rings is 1. The Morgan fingerprint density at radius 2 is 2.08 bits per heavy atom. The van der Waals surface area contributed by atoms with Crippen molar-refractivity contribution in [2.75, 3.05) is 19.8 Å². The Kier molecular flexibility index (Phi) is 6.77.